The van der Waals surface area contributed by atoms with Gasteiger partial charge in [0, 0.05) is 0 Å². The number of hydrogen-bond acceptors (Lipinski definition) is 2. The molecule has 0 saturated carbocycles. The third kappa shape index (κ3) is 2.46. The molecular formula is C15H5Cl3F3NO2. The molecular weight excluding hydrogens is 390 g/mol. The van der Waals surface area contributed by atoms with Crippen LogP contribution in [0.3, 0.4) is 0 Å². The molecule has 0 atom stereocenters. The zero-order valence-corrected chi connectivity index (χ0v) is 13.7. The molecule has 1 aliphatic heterocycles. The Morgan fingerprint density at radius 3 is 1.83 bits per heavy atom. The fraction of sp³-hybridized carbons (Fsp3) is 0.0667. The van der Waals surface area contributed by atoms with E-state index in [9.17, 15) is 22.8 Å². The van der Waals surface area contributed by atoms with Crippen molar-refractivity contribution in [2.75, 3.05) is 4.90 Å². The average Bonchev–Trinajstić information content (AvgIpc) is 2.76. The number of carbonyl (C=O) groups excluding carboxylic acids is 2. The van der Waals surface area contributed by atoms with Gasteiger partial charge in [0.05, 0.1) is 37.4 Å². The van der Waals surface area contributed by atoms with Crippen LogP contribution in [0, 0.1) is 0 Å². The van der Waals surface area contributed by atoms with E-state index in [2.05, 4.69) is 0 Å². The van der Waals surface area contributed by atoms with Crippen molar-refractivity contribution in [1.82, 2.24) is 0 Å². The molecule has 0 unspecified atom stereocenters. The van der Waals surface area contributed by atoms with E-state index < -0.39 is 38.6 Å². The summed E-state index contributed by atoms with van der Waals surface area (Å²) in [5.74, 6) is -1.48. The predicted molar refractivity (Wildman–Crippen MR) is 84.1 cm³/mol. The Balaban J connectivity index is 2.21. The molecule has 124 valence electrons. The first-order chi connectivity index (χ1) is 11.1. The number of alkyl halides is 3. The summed E-state index contributed by atoms with van der Waals surface area (Å²) in [6.45, 7) is 0. The van der Waals surface area contributed by atoms with E-state index in [0.717, 1.165) is 0 Å². The summed E-state index contributed by atoms with van der Waals surface area (Å²) in [6, 6.07) is 6.48. The number of carbonyl (C=O) groups is 2. The average molecular weight is 395 g/mol. The van der Waals surface area contributed by atoms with Crippen LogP contribution in [0.1, 0.15) is 26.3 Å². The van der Waals surface area contributed by atoms with Crippen LogP contribution in [0.15, 0.2) is 30.3 Å². The van der Waals surface area contributed by atoms with Crippen LogP contribution in [0.4, 0.5) is 18.9 Å². The molecule has 2 aromatic carbocycles. The van der Waals surface area contributed by atoms with Crippen LogP contribution in [0.25, 0.3) is 0 Å². The van der Waals surface area contributed by atoms with Crippen molar-refractivity contribution in [2.45, 2.75) is 6.18 Å². The highest BCUT2D eigenvalue weighted by Gasteiger charge is 2.41. The Bertz CT molecular complexity index is 861. The van der Waals surface area contributed by atoms with E-state index in [1.165, 1.54) is 12.1 Å². The van der Waals surface area contributed by atoms with Gasteiger partial charge in [-0.25, -0.2) is 4.90 Å². The smallest absolute Gasteiger partial charge is 0.268 e. The lowest BCUT2D eigenvalue weighted by molar-refractivity contribution is -0.137. The van der Waals surface area contributed by atoms with Gasteiger partial charge in [-0.15, -0.1) is 0 Å². The lowest BCUT2D eigenvalue weighted by Crippen LogP contribution is -2.30. The molecule has 24 heavy (non-hydrogen) atoms. The number of anilines is 1. The van der Waals surface area contributed by atoms with Crippen LogP contribution >= 0.6 is 34.8 Å². The van der Waals surface area contributed by atoms with Gasteiger partial charge in [0.25, 0.3) is 11.8 Å². The molecule has 0 aliphatic carbocycles. The fourth-order valence-electron chi connectivity index (χ4n) is 2.39. The minimum absolute atomic E-state index is 0.102. The van der Waals surface area contributed by atoms with Crippen molar-refractivity contribution in [2.24, 2.45) is 0 Å². The second-order valence-electron chi connectivity index (χ2n) is 4.87. The zero-order chi connectivity index (χ0) is 17.8. The molecule has 0 spiro atoms. The number of nitrogens with zero attached hydrogens (tertiary/aromatic N) is 1. The van der Waals surface area contributed by atoms with E-state index in [-0.39, 0.29) is 16.8 Å². The molecule has 0 fully saturated rings. The first kappa shape index (κ1) is 17.1. The van der Waals surface area contributed by atoms with E-state index in [0.29, 0.717) is 11.0 Å². The van der Waals surface area contributed by atoms with E-state index in [1.54, 1.807) is 12.1 Å². The molecule has 0 radical (unpaired) electrons. The van der Waals surface area contributed by atoms with Crippen LogP contribution in [-0.2, 0) is 6.18 Å². The number of halogens is 6. The summed E-state index contributed by atoms with van der Waals surface area (Å²) in [7, 11) is 0. The van der Waals surface area contributed by atoms with Gasteiger partial charge in [0.15, 0.2) is 0 Å². The van der Waals surface area contributed by atoms with Gasteiger partial charge in [-0.2, -0.15) is 13.2 Å². The Kier molecular flexibility index (Phi) is 4.02. The molecule has 0 saturated heterocycles. The van der Waals surface area contributed by atoms with Crippen LogP contribution < -0.4 is 4.90 Å². The van der Waals surface area contributed by atoms with E-state index >= 15 is 0 Å². The second-order valence-corrected chi connectivity index (χ2v) is 6.03. The molecule has 3 rings (SSSR count). The molecule has 9 heteroatoms. The summed E-state index contributed by atoms with van der Waals surface area (Å²) in [5, 5.41) is -1.96. The summed E-state index contributed by atoms with van der Waals surface area (Å²) in [5.41, 5.74) is -1.42. The number of fused-ring (bicyclic) bond motifs is 1. The van der Waals surface area contributed by atoms with E-state index in [4.69, 9.17) is 34.8 Å². The number of imide groups is 1. The normalized spacial score (nSPS) is 14.3. The largest absolute Gasteiger partial charge is 0.417 e. The maximum Gasteiger partial charge on any atom is 0.417 e. The Labute approximate surface area is 148 Å². The van der Waals surface area contributed by atoms with Crippen LogP contribution in [-0.4, -0.2) is 11.8 Å². The number of benzene rings is 2. The SMILES string of the molecule is O=C1c2ccccc2C(=O)N1c1c(Cl)cc(C(F)(F)F)c(Cl)c1Cl. The third-order valence-corrected chi connectivity index (χ3v) is 4.60. The number of rotatable bonds is 1. The standard InChI is InChI=1S/C15H5Cl3F3NO2/c16-9-5-8(15(19,20)21)10(17)11(18)12(9)22-13(23)6-3-1-2-4-7(6)14(22)24/h1-5H. The predicted octanol–water partition coefficient (Wildman–Crippen LogP) is 5.47. The van der Waals surface area contributed by atoms with Gasteiger partial charge in [-0.1, -0.05) is 46.9 Å². The number of hydrogen-bond donors (Lipinski definition) is 0. The molecule has 0 aromatic heterocycles. The Morgan fingerprint density at radius 1 is 0.875 bits per heavy atom. The minimum Gasteiger partial charge on any atom is -0.268 e. The van der Waals surface area contributed by atoms with Crippen molar-refractivity contribution in [3.63, 3.8) is 0 Å². The first-order valence-corrected chi connectivity index (χ1v) is 7.50. The zero-order valence-electron chi connectivity index (χ0n) is 11.4. The van der Waals surface area contributed by atoms with Crippen LogP contribution in [0.5, 0.6) is 0 Å². The van der Waals surface area contributed by atoms with Crippen molar-refractivity contribution < 1.29 is 22.8 Å². The lowest BCUT2D eigenvalue weighted by atomic mass is 10.1. The quantitative estimate of drug-likeness (QED) is 0.475. The van der Waals surface area contributed by atoms with Gasteiger partial charge in [0.1, 0.15) is 0 Å². The van der Waals surface area contributed by atoms with Crippen molar-refractivity contribution in [3.8, 4) is 0 Å². The highest BCUT2D eigenvalue weighted by atomic mass is 35.5. The molecule has 3 nitrogen and oxygen atoms in total. The molecule has 0 N–H and O–H groups in total. The molecule has 0 bridgehead atoms. The topological polar surface area (TPSA) is 37.4 Å². The minimum atomic E-state index is -4.79. The summed E-state index contributed by atoms with van der Waals surface area (Å²) < 4.78 is 38.8. The van der Waals surface area contributed by atoms with E-state index in [1.807, 2.05) is 0 Å². The monoisotopic (exact) mass is 393 g/mol. The Morgan fingerprint density at radius 2 is 1.38 bits per heavy atom. The Hall–Kier alpha value is -1.76. The highest BCUT2D eigenvalue weighted by molar-refractivity contribution is 6.49. The number of amides is 2. The van der Waals surface area contributed by atoms with Gasteiger partial charge in [-0.05, 0) is 18.2 Å². The van der Waals surface area contributed by atoms with Gasteiger partial charge < -0.3 is 0 Å². The fourth-order valence-corrected chi connectivity index (χ4v) is 3.26. The van der Waals surface area contributed by atoms with Crippen molar-refractivity contribution in [3.05, 3.63) is 62.1 Å². The third-order valence-electron chi connectivity index (χ3n) is 3.46. The van der Waals surface area contributed by atoms with Gasteiger partial charge >= 0.3 is 6.18 Å². The maximum absolute atomic E-state index is 12.9. The summed E-state index contributed by atoms with van der Waals surface area (Å²) in [6.07, 6.45) is -4.79. The van der Waals surface area contributed by atoms with Crippen molar-refractivity contribution >= 4 is 52.3 Å². The molecule has 2 amide bonds. The van der Waals surface area contributed by atoms with Crippen LogP contribution in [0.2, 0.25) is 15.1 Å². The summed E-state index contributed by atoms with van der Waals surface area (Å²) >= 11 is 17.5. The molecule has 2 aromatic rings. The maximum atomic E-state index is 12.9. The lowest BCUT2D eigenvalue weighted by Gasteiger charge is -2.20. The molecule has 1 heterocycles. The van der Waals surface area contributed by atoms with Crippen molar-refractivity contribution in [1.29, 1.82) is 0 Å². The van der Waals surface area contributed by atoms with Gasteiger partial charge in [-0.3, -0.25) is 9.59 Å². The molecule has 1 aliphatic rings. The first-order valence-electron chi connectivity index (χ1n) is 6.37. The van der Waals surface area contributed by atoms with Gasteiger partial charge in [0.2, 0.25) is 0 Å². The summed E-state index contributed by atoms with van der Waals surface area (Å²) in [4.78, 5) is 25.5. The highest BCUT2D eigenvalue weighted by Crippen LogP contribution is 2.47. The second kappa shape index (κ2) is 5.65.